The van der Waals surface area contributed by atoms with Gasteiger partial charge in [-0.05, 0) is 12.5 Å². The highest BCUT2D eigenvalue weighted by atomic mass is 16.7. The molecule has 2 N–H and O–H groups in total. The minimum absolute atomic E-state index is 0.479. The van der Waals surface area contributed by atoms with Crippen LogP contribution in [0, 0.1) is 0 Å². The maximum Gasteiger partial charge on any atom is 0.232 e. The number of nitrogens with two attached hydrogens (primary N) is 1. The number of benzene rings is 1. The van der Waals surface area contributed by atoms with Crippen molar-refractivity contribution in [2.75, 3.05) is 14.2 Å². The van der Waals surface area contributed by atoms with Gasteiger partial charge in [-0.25, -0.2) is 0 Å². The van der Waals surface area contributed by atoms with Crippen molar-refractivity contribution >= 4 is 5.91 Å². The molecule has 1 atom stereocenters. The summed E-state index contributed by atoms with van der Waals surface area (Å²) in [5.74, 6) is -0.479. The predicted octanol–water partition coefficient (Wildman–Crippen LogP) is 1.05. The lowest BCUT2D eigenvalue weighted by molar-refractivity contribution is -0.162. The highest BCUT2D eigenvalue weighted by Crippen LogP contribution is 2.29. The van der Waals surface area contributed by atoms with Crippen LogP contribution >= 0.6 is 0 Å². The summed E-state index contributed by atoms with van der Waals surface area (Å²) in [6, 6.07) is 9.23. The van der Waals surface area contributed by atoms with Gasteiger partial charge in [0.15, 0.2) is 6.29 Å². The SMILES string of the molecule is COC(OC)C(C)(C(N)=O)c1ccccc1. The van der Waals surface area contributed by atoms with Crippen molar-refractivity contribution in [3.63, 3.8) is 0 Å². The van der Waals surface area contributed by atoms with E-state index >= 15 is 0 Å². The molecule has 0 aliphatic heterocycles. The van der Waals surface area contributed by atoms with E-state index in [2.05, 4.69) is 0 Å². The second kappa shape index (κ2) is 5.09. The highest BCUT2D eigenvalue weighted by Gasteiger charge is 2.42. The lowest BCUT2D eigenvalue weighted by Gasteiger charge is -2.33. The summed E-state index contributed by atoms with van der Waals surface area (Å²) in [4.78, 5) is 11.6. The van der Waals surface area contributed by atoms with Gasteiger partial charge in [0.05, 0.1) is 0 Å². The summed E-state index contributed by atoms with van der Waals surface area (Å²) in [6.45, 7) is 1.71. The van der Waals surface area contributed by atoms with Crippen LogP contribution < -0.4 is 5.73 Å². The molecule has 0 bridgehead atoms. The van der Waals surface area contributed by atoms with Crippen molar-refractivity contribution < 1.29 is 14.3 Å². The summed E-state index contributed by atoms with van der Waals surface area (Å²) in [5.41, 5.74) is 5.24. The Bertz CT molecular complexity index is 349. The molecule has 0 radical (unpaired) electrons. The number of methoxy groups -OCH3 is 2. The molecule has 1 aromatic carbocycles. The van der Waals surface area contributed by atoms with E-state index in [1.807, 2.05) is 30.3 Å². The number of hydrogen-bond donors (Lipinski definition) is 1. The third-order valence-electron chi connectivity index (χ3n) is 2.78. The van der Waals surface area contributed by atoms with Crippen LogP contribution in [-0.4, -0.2) is 26.4 Å². The van der Waals surface area contributed by atoms with E-state index in [4.69, 9.17) is 15.2 Å². The highest BCUT2D eigenvalue weighted by molar-refractivity contribution is 5.86. The Kier molecular flexibility index (Phi) is 4.04. The predicted molar refractivity (Wildman–Crippen MR) is 60.8 cm³/mol. The van der Waals surface area contributed by atoms with Gasteiger partial charge < -0.3 is 15.2 Å². The van der Waals surface area contributed by atoms with E-state index in [9.17, 15) is 4.79 Å². The van der Waals surface area contributed by atoms with Crippen LogP contribution in [0.15, 0.2) is 30.3 Å². The summed E-state index contributed by atoms with van der Waals surface area (Å²) in [5, 5.41) is 0. The summed E-state index contributed by atoms with van der Waals surface area (Å²) >= 11 is 0. The van der Waals surface area contributed by atoms with Crippen LogP contribution in [0.1, 0.15) is 12.5 Å². The molecule has 0 fully saturated rings. The molecule has 16 heavy (non-hydrogen) atoms. The molecule has 0 saturated carbocycles. The quantitative estimate of drug-likeness (QED) is 0.759. The van der Waals surface area contributed by atoms with Gasteiger partial charge in [0.25, 0.3) is 0 Å². The standard InChI is InChI=1S/C12H17NO3/c1-12(10(13)14,11(15-2)16-3)9-7-5-4-6-8-9/h4-8,11H,1-3H3,(H2,13,14). The molecule has 0 aliphatic carbocycles. The van der Waals surface area contributed by atoms with Crippen molar-refractivity contribution in [2.24, 2.45) is 5.73 Å². The van der Waals surface area contributed by atoms with Gasteiger partial charge in [-0.2, -0.15) is 0 Å². The zero-order valence-corrected chi connectivity index (χ0v) is 9.77. The Morgan fingerprint density at radius 3 is 2.12 bits per heavy atom. The van der Waals surface area contributed by atoms with Crippen molar-refractivity contribution in [3.05, 3.63) is 35.9 Å². The van der Waals surface area contributed by atoms with E-state index in [1.165, 1.54) is 14.2 Å². The molecule has 1 amide bonds. The third-order valence-corrected chi connectivity index (χ3v) is 2.78. The monoisotopic (exact) mass is 223 g/mol. The zero-order valence-electron chi connectivity index (χ0n) is 9.77. The topological polar surface area (TPSA) is 61.6 Å². The number of hydrogen-bond acceptors (Lipinski definition) is 3. The maximum absolute atomic E-state index is 11.6. The molecular weight excluding hydrogens is 206 g/mol. The van der Waals surface area contributed by atoms with E-state index in [1.54, 1.807) is 6.92 Å². The number of primary amides is 1. The Balaban J connectivity index is 3.21. The second-order valence-corrected chi connectivity index (χ2v) is 3.74. The van der Waals surface area contributed by atoms with Crippen LogP contribution in [-0.2, 0) is 19.7 Å². The van der Waals surface area contributed by atoms with Crippen LogP contribution in [0.2, 0.25) is 0 Å². The van der Waals surface area contributed by atoms with Crippen LogP contribution in [0.3, 0.4) is 0 Å². The fourth-order valence-corrected chi connectivity index (χ4v) is 1.75. The third kappa shape index (κ3) is 2.08. The maximum atomic E-state index is 11.6. The van der Waals surface area contributed by atoms with Crippen molar-refractivity contribution in [1.82, 2.24) is 0 Å². The lowest BCUT2D eigenvalue weighted by Crippen LogP contribution is -2.49. The van der Waals surface area contributed by atoms with Gasteiger partial charge in [-0.3, -0.25) is 4.79 Å². The Hall–Kier alpha value is -1.39. The van der Waals surface area contributed by atoms with Gasteiger partial charge in [-0.1, -0.05) is 30.3 Å². The average Bonchev–Trinajstić information content (AvgIpc) is 2.31. The molecule has 1 aromatic rings. The van der Waals surface area contributed by atoms with Crippen molar-refractivity contribution in [2.45, 2.75) is 18.6 Å². The van der Waals surface area contributed by atoms with Crippen molar-refractivity contribution in [3.8, 4) is 0 Å². The molecule has 0 saturated heterocycles. The molecule has 0 heterocycles. The Morgan fingerprint density at radius 2 is 1.75 bits per heavy atom. The van der Waals surface area contributed by atoms with Gasteiger partial charge in [-0.15, -0.1) is 0 Å². The summed E-state index contributed by atoms with van der Waals surface area (Å²) in [6.07, 6.45) is -0.701. The number of rotatable bonds is 5. The minimum Gasteiger partial charge on any atom is -0.369 e. The van der Waals surface area contributed by atoms with E-state index in [-0.39, 0.29) is 0 Å². The molecule has 4 nitrogen and oxygen atoms in total. The lowest BCUT2D eigenvalue weighted by atomic mass is 9.81. The first kappa shape index (κ1) is 12.7. The van der Waals surface area contributed by atoms with Crippen LogP contribution in [0.25, 0.3) is 0 Å². The average molecular weight is 223 g/mol. The van der Waals surface area contributed by atoms with Gasteiger partial charge in [0.1, 0.15) is 5.41 Å². The smallest absolute Gasteiger partial charge is 0.232 e. The molecule has 0 spiro atoms. The molecule has 1 rings (SSSR count). The first-order chi connectivity index (χ1) is 7.57. The molecular formula is C12H17NO3. The fourth-order valence-electron chi connectivity index (χ4n) is 1.75. The Morgan fingerprint density at radius 1 is 1.25 bits per heavy atom. The van der Waals surface area contributed by atoms with Crippen LogP contribution in [0.5, 0.6) is 0 Å². The molecule has 1 unspecified atom stereocenters. The summed E-state index contributed by atoms with van der Waals surface area (Å²) < 4.78 is 10.3. The molecule has 4 heteroatoms. The minimum atomic E-state index is -0.995. The number of ether oxygens (including phenoxy) is 2. The molecule has 0 aromatic heterocycles. The Labute approximate surface area is 95.3 Å². The van der Waals surface area contributed by atoms with E-state index < -0.39 is 17.6 Å². The van der Waals surface area contributed by atoms with E-state index in [0.717, 1.165) is 5.56 Å². The largest absolute Gasteiger partial charge is 0.369 e. The fraction of sp³-hybridized carbons (Fsp3) is 0.417. The molecule has 88 valence electrons. The number of carbonyl (C=O) groups excluding carboxylic acids is 1. The first-order valence-electron chi connectivity index (χ1n) is 4.98. The summed E-state index contributed by atoms with van der Waals surface area (Å²) in [7, 11) is 2.97. The van der Waals surface area contributed by atoms with Crippen LogP contribution in [0.4, 0.5) is 0 Å². The molecule has 0 aliphatic rings. The number of carbonyl (C=O) groups is 1. The van der Waals surface area contributed by atoms with Crippen molar-refractivity contribution in [1.29, 1.82) is 0 Å². The first-order valence-corrected chi connectivity index (χ1v) is 4.98. The normalized spacial score (nSPS) is 14.8. The second-order valence-electron chi connectivity index (χ2n) is 3.74. The number of amides is 1. The van der Waals surface area contributed by atoms with E-state index in [0.29, 0.717) is 0 Å². The zero-order chi connectivity index (χ0) is 12.2. The van der Waals surface area contributed by atoms with Gasteiger partial charge in [0, 0.05) is 14.2 Å². The van der Waals surface area contributed by atoms with Gasteiger partial charge in [0.2, 0.25) is 5.91 Å². The van der Waals surface area contributed by atoms with Gasteiger partial charge >= 0.3 is 0 Å².